The monoisotopic (exact) mass is 276 g/mol. The normalized spacial score (nSPS) is 23.0. The molecule has 0 heterocycles. The van der Waals surface area contributed by atoms with Gasteiger partial charge in [-0.2, -0.15) is 0 Å². The van der Waals surface area contributed by atoms with Gasteiger partial charge in [-0.15, -0.1) is 0 Å². The Morgan fingerprint density at radius 1 is 1.25 bits per heavy atom. The van der Waals surface area contributed by atoms with E-state index in [2.05, 4.69) is 5.32 Å². The summed E-state index contributed by atoms with van der Waals surface area (Å²) < 4.78 is 0. The minimum absolute atomic E-state index is 0.224. The van der Waals surface area contributed by atoms with Gasteiger partial charge in [0.25, 0.3) is 0 Å². The van der Waals surface area contributed by atoms with Gasteiger partial charge in [0.15, 0.2) is 0 Å². The van der Waals surface area contributed by atoms with Crippen molar-refractivity contribution in [2.75, 3.05) is 24.3 Å². The van der Waals surface area contributed by atoms with E-state index in [1.54, 1.807) is 6.07 Å². The molecule has 5 heteroatoms. The second kappa shape index (κ2) is 4.81. The first-order chi connectivity index (χ1) is 9.25. The highest BCUT2D eigenvalue weighted by Crippen LogP contribution is 2.58. The molecule has 108 valence electrons. The fraction of sp³-hybridized carbons (Fsp3) is 0.467. The number of benzene rings is 1. The van der Waals surface area contributed by atoms with Crippen molar-refractivity contribution in [3.63, 3.8) is 0 Å². The molecule has 1 fully saturated rings. The van der Waals surface area contributed by atoms with Gasteiger partial charge < -0.3 is 15.3 Å². The summed E-state index contributed by atoms with van der Waals surface area (Å²) in [6.45, 7) is 3.62. The zero-order valence-corrected chi connectivity index (χ0v) is 12.2. The maximum Gasteiger partial charge on any atom is 0.307 e. The fourth-order valence-electron chi connectivity index (χ4n) is 2.67. The van der Waals surface area contributed by atoms with Gasteiger partial charge >= 0.3 is 5.97 Å². The number of carboxylic acids is 1. The van der Waals surface area contributed by atoms with Crippen molar-refractivity contribution < 1.29 is 14.7 Å². The molecule has 0 aliphatic heterocycles. The van der Waals surface area contributed by atoms with Crippen LogP contribution in [-0.4, -0.2) is 31.1 Å². The molecule has 0 bridgehead atoms. The van der Waals surface area contributed by atoms with Crippen molar-refractivity contribution >= 4 is 23.3 Å². The molecule has 2 N–H and O–H groups in total. The molecule has 0 saturated heterocycles. The van der Waals surface area contributed by atoms with Crippen LogP contribution in [0.1, 0.15) is 13.8 Å². The Balaban J connectivity index is 2.10. The Kier molecular flexibility index (Phi) is 3.46. The van der Waals surface area contributed by atoms with Crippen molar-refractivity contribution in [1.29, 1.82) is 0 Å². The van der Waals surface area contributed by atoms with Crippen LogP contribution in [0.15, 0.2) is 24.3 Å². The number of hydrogen-bond donors (Lipinski definition) is 2. The second-order valence-electron chi connectivity index (χ2n) is 6.05. The molecule has 1 amide bonds. The maximum absolute atomic E-state index is 12.2. The standard InChI is InChI=1S/C15H20N2O3/c1-15(2)11(12(15)14(19)20)13(18)16-9-6-5-7-10(8-9)17(3)4/h5-8,11-12H,1-4H3,(H,16,18)(H,19,20)/t11-,12+/m1/s1. The average molecular weight is 276 g/mol. The van der Waals surface area contributed by atoms with E-state index in [-0.39, 0.29) is 5.91 Å². The van der Waals surface area contributed by atoms with E-state index < -0.39 is 23.2 Å². The Hall–Kier alpha value is -2.04. The van der Waals surface area contributed by atoms with Gasteiger partial charge in [0.1, 0.15) is 0 Å². The molecular formula is C15H20N2O3. The number of nitrogens with zero attached hydrogens (tertiary/aromatic N) is 1. The summed E-state index contributed by atoms with van der Waals surface area (Å²) in [6.07, 6.45) is 0. The van der Waals surface area contributed by atoms with Gasteiger partial charge in [0.05, 0.1) is 11.8 Å². The minimum atomic E-state index is -0.905. The van der Waals surface area contributed by atoms with E-state index in [1.165, 1.54) is 0 Å². The lowest BCUT2D eigenvalue weighted by Gasteiger charge is -2.14. The molecule has 0 aromatic heterocycles. The minimum Gasteiger partial charge on any atom is -0.481 e. The number of carbonyl (C=O) groups excluding carboxylic acids is 1. The zero-order valence-electron chi connectivity index (χ0n) is 12.2. The SMILES string of the molecule is CN(C)c1cccc(NC(=O)[C@H]2[C@@H](C(=O)O)C2(C)C)c1. The van der Waals surface area contributed by atoms with Crippen LogP contribution < -0.4 is 10.2 Å². The summed E-state index contributed by atoms with van der Waals surface area (Å²) >= 11 is 0. The summed E-state index contributed by atoms with van der Waals surface area (Å²) in [5.74, 6) is -2.20. The molecule has 1 aromatic carbocycles. The zero-order chi connectivity index (χ0) is 15.1. The first-order valence-corrected chi connectivity index (χ1v) is 6.56. The molecule has 1 aliphatic carbocycles. The third kappa shape index (κ3) is 2.48. The van der Waals surface area contributed by atoms with E-state index >= 15 is 0 Å². The molecule has 0 radical (unpaired) electrons. The van der Waals surface area contributed by atoms with E-state index in [0.717, 1.165) is 5.69 Å². The number of carboxylic acid groups (broad SMARTS) is 1. The molecular weight excluding hydrogens is 256 g/mol. The third-order valence-electron chi connectivity index (χ3n) is 4.01. The van der Waals surface area contributed by atoms with Crippen molar-refractivity contribution in [2.24, 2.45) is 17.3 Å². The molecule has 2 atom stereocenters. The van der Waals surface area contributed by atoms with Crippen LogP contribution in [0.25, 0.3) is 0 Å². The predicted molar refractivity (Wildman–Crippen MR) is 77.8 cm³/mol. The van der Waals surface area contributed by atoms with Gasteiger partial charge in [-0.25, -0.2) is 0 Å². The molecule has 2 rings (SSSR count). The van der Waals surface area contributed by atoms with E-state index in [0.29, 0.717) is 5.69 Å². The van der Waals surface area contributed by atoms with Gasteiger partial charge in [0.2, 0.25) is 5.91 Å². The Morgan fingerprint density at radius 2 is 1.90 bits per heavy atom. The summed E-state index contributed by atoms with van der Waals surface area (Å²) in [4.78, 5) is 25.2. The number of anilines is 2. The molecule has 1 saturated carbocycles. The molecule has 0 spiro atoms. The Labute approximate surface area is 118 Å². The second-order valence-corrected chi connectivity index (χ2v) is 6.05. The summed E-state index contributed by atoms with van der Waals surface area (Å²) in [6, 6.07) is 7.47. The highest BCUT2D eigenvalue weighted by atomic mass is 16.4. The molecule has 20 heavy (non-hydrogen) atoms. The lowest BCUT2D eigenvalue weighted by atomic mass is 10.1. The Morgan fingerprint density at radius 3 is 2.40 bits per heavy atom. The van der Waals surface area contributed by atoms with Crippen LogP contribution in [0.2, 0.25) is 0 Å². The van der Waals surface area contributed by atoms with Gasteiger partial charge in [-0.1, -0.05) is 19.9 Å². The van der Waals surface area contributed by atoms with Crippen molar-refractivity contribution in [2.45, 2.75) is 13.8 Å². The first-order valence-electron chi connectivity index (χ1n) is 6.56. The fourth-order valence-corrected chi connectivity index (χ4v) is 2.67. The van der Waals surface area contributed by atoms with Crippen molar-refractivity contribution in [3.8, 4) is 0 Å². The van der Waals surface area contributed by atoms with E-state index in [9.17, 15) is 9.59 Å². The van der Waals surface area contributed by atoms with Crippen LogP contribution >= 0.6 is 0 Å². The average Bonchev–Trinajstić information content (AvgIpc) is 2.93. The summed E-state index contributed by atoms with van der Waals surface area (Å²) in [5, 5.41) is 11.9. The molecule has 0 unspecified atom stereocenters. The van der Waals surface area contributed by atoms with Gasteiger partial charge in [-0.3, -0.25) is 9.59 Å². The largest absolute Gasteiger partial charge is 0.481 e. The van der Waals surface area contributed by atoms with Crippen LogP contribution in [0.3, 0.4) is 0 Å². The first kappa shape index (κ1) is 14.4. The van der Waals surface area contributed by atoms with Crippen molar-refractivity contribution in [1.82, 2.24) is 0 Å². The smallest absolute Gasteiger partial charge is 0.307 e. The maximum atomic E-state index is 12.2. The van der Waals surface area contributed by atoms with Crippen LogP contribution in [0.4, 0.5) is 11.4 Å². The number of rotatable bonds is 4. The van der Waals surface area contributed by atoms with Crippen LogP contribution in [0.5, 0.6) is 0 Å². The lowest BCUT2D eigenvalue weighted by Crippen LogP contribution is -2.18. The topological polar surface area (TPSA) is 69.6 Å². The van der Waals surface area contributed by atoms with E-state index in [4.69, 9.17) is 5.11 Å². The quantitative estimate of drug-likeness (QED) is 0.883. The van der Waals surface area contributed by atoms with Crippen LogP contribution in [-0.2, 0) is 9.59 Å². The van der Waals surface area contributed by atoms with Gasteiger partial charge in [-0.05, 0) is 23.6 Å². The van der Waals surface area contributed by atoms with Crippen molar-refractivity contribution in [3.05, 3.63) is 24.3 Å². The molecule has 5 nitrogen and oxygen atoms in total. The van der Waals surface area contributed by atoms with E-state index in [1.807, 2.05) is 51.0 Å². The highest BCUT2D eigenvalue weighted by molar-refractivity contribution is 5.99. The predicted octanol–water partition coefficient (Wildman–Crippen LogP) is 2.05. The number of carbonyl (C=O) groups is 2. The summed E-state index contributed by atoms with van der Waals surface area (Å²) in [5.41, 5.74) is 1.19. The molecule has 1 aromatic rings. The van der Waals surface area contributed by atoms with Crippen LogP contribution in [0, 0.1) is 17.3 Å². The number of hydrogen-bond acceptors (Lipinski definition) is 3. The lowest BCUT2D eigenvalue weighted by molar-refractivity contribution is -0.140. The third-order valence-corrected chi connectivity index (χ3v) is 4.01. The Bertz CT molecular complexity index is 552. The number of nitrogens with one attached hydrogen (secondary N) is 1. The number of amides is 1. The highest BCUT2D eigenvalue weighted by Gasteiger charge is 2.65. The number of aliphatic carboxylic acids is 1. The van der Waals surface area contributed by atoms with Gasteiger partial charge in [0, 0.05) is 25.5 Å². The summed E-state index contributed by atoms with van der Waals surface area (Å²) in [7, 11) is 3.84. The molecule has 1 aliphatic rings.